The number of allylic oxidation sites excluding steroid dienone is 1. The Balaban J connectivity index is 1.38. The lowest BCUT2D eigenvalue weighted by Gasteiger charge is -2.59. The maximum atomic E-state index is 14.5. The van der Waals surface area contributed by atoms with Crippen molar-refractivity contribution in [2.75, 3.05) is 40.6 Å². The van der Waals surface area contributed by atoms with E-state index in [2.05, 4.69) is 43.0 Å². The van der Waals surface area contributed by atoms with Gasteiger partial charge in [-0.25, -0.2) is 0 Å². The maximum Gasteiger partial charge on any atom is 0.239 e. The second-order valence-corrected chi connectivity index (χ2v) is 15.8. The highest BCUT2D eigenvalue weighted by Gasteiger charge is 2.65. The Morgan fingerprint density at radius 2 is 1.69 bits per heavy atom. The van der Waals surface area contributed by atoms with Gasteiger partial charge in [0.05, 0.1) is 31.8 Å². The number of likely N-dealkylation sites (N-methyl/N-ethyl adjacent to an activating group) is 1. The Morgan fingerprint density at radius 3 is 2.46 bits per heavy atom. The normalized spacial score (nSPS) is 23.7. The molecule has 1 amide bonds. The number of carbonyl (C=O) groups is 1. The number of fused-ring (bicyclic) bond motifs is 3. The summed E-state index contributed by atoms with van der Waals surface area (Å²) in [5.41, 5.74) is 3.60. The molecule has 10 heteroatoms. The van der Waals surface area contributed by atoms with Crippen molar-refractivity contribution >= 4 is 22.4 Å². The van der Waals surface area contributed by atoms with Gasteiger partial charge in [-0.1, -0.05) is 72.6 Å². The summed E-state index contributed by atoms with van der Waals surface area (Å²) in [4.78, 5) is 22.1. The molecule has 1 aliphatic heterocycles. The second-order valence-electron chi connectivity index (χ2n) is 15.8. The maximum absolute atomic E-state index is 14.5. The number of carbonyl (C=O) groups excluding carboxylic acids is 1. The molecule has 0 spiro atoms. The van der Waals surface area contributed by atoms with Gasteiger partial charge in [-0.3, -0.25) is 4.79 Å². The zero-order chi connectivity index (χ0) is 41.4. The molecule has 59 heavy (non-hydrogen) atoms. The molecule has 0 radical (unpaired) electrons. The number of oxime groups is 1. The first-order chi connectivity index (χ1) is 28.8. The van der Waals surface area contributed by atoms with Crippen molar-refractivity contribution in [3.8, 4) is 23.0 Å². The fourth-order valence-electron chi connectivity index (χ4n) is 9.56. The fraction of sp³-hybridized carbons (Fsp3) is 0.429. The number of ether oxygens (including phenoxy) is 4. The lowest BCUT2D eigenvalue weighted by atomic mass is 9.55. The summed E-state index contributed by atoms with van der Waals surface area (Å²) in [7, 11) is 3.44. The Bertz CT molecular complexity index is 2150. The Morgan fingerprint density at radius 1 is 0.932 bits per heavy atom. The minimum absolute atomic E-state index is 0.101. The molecule has 1 fully saturated rings. The van der Waals surface area contributed by atoms with Crippen LogP contribution in [0.4, 0.5) is 0 Å². The van der Waals surface area contributed by atoms with Crippen molar-refractivity contribution < 1.29 is 38.8 Å². The summed E-state index contributed by atoms with van der Waals surface area (Å²) in [6.07, 6.45) is 9.35. The van der Waals surface area contributed by atoms with Crippen molar-refractivity contribution in [3.63, 3.8) is 0 Å². The predicted molar refractivity (Wildman–Crippen MR) is 230 cm³/mol. The number of aliphatic hydroxyl groups is 2. The van der Waals surface area contributed by atoms with E-state index in [1.54, 1.807) is 18.1 Å². The summed E-state index contributed by atoms with van der Waals surface area (Å²) in [6.45, 7) is 6.76. The van der Waals surface area contributed by atoms with Crippen LogP contribution < -0.4 is 14.2 Å². The molecule has 4 aromatic carbocycles. The first-order valence-electron chi connectivity index (χ1n) is 21.1. The van der Waals surface area contributed by atoms with E-state index in [1.165, 1.54) is 0 Å². The van der Waals surface area contributed by atoms with Crippen LogP contribution in [-0.2, 0) is 20.8 Å². The first-order valence-corrected chi connectivity index (χ1v) is 21.1. The highest BCUT2D eigenvalue weighted by molar-refractivity contribution is 6.03. The van der Waals surface area contributed by atoms with E-state index in [-0.39, 0.29) is 49.9 Å². The number of rotatable bonds is 19. The molecule has 10 nitrogen and oxygen atoms in total. The van der Waals surface area contributed by atoms with Gasteiger partial charge in [0, 0.05) is 38.2 Å². The minimum atomic E-state index is -1.33. The molecule has 2 N–H and O–H groups in total. The van der Waals surface area contributed by atoms with Gasteiger partial charge in [-0.05, 0) is 109 Å². The average molecular weight is 803 g/mol. The number of hydrogen-bond donors (Lipinski definition) is 2. The monoisotopic (exact) mass is 802 g/mol. The number of amides is 1. The Kier molecular flexibility index (Phi) is 13.7. The molecule has 3 aliphatic rings. The molecular formula is C49H58N2O8. The highest BCUT2D eigenvalue weighted by atomic mass is 16.7. The smallest absolute Gasteiger partial charge is 0.239 e. The van der Waals surface area contributed by atoms with Gasteiger partial charge >= 0.3 is 0 Å². The molecule has 0 bridgehead atoms. The Labute approximate surface area is 348 Å². The van der Waals surface area contributed by atoms with Crippen molar-refractivity contribution in [2.45, 2.75) is 76.0 Å². The van der Waals surface area contributed by atoms with Gasteiger partial charge < -0.3 is 38.9 Å². The van der Waals surface area contributed by atoms with Crippen LogP contribution in [0.2, 0.25) is 0 Å². The van der Waals surface area contributed by atoms with Crippen LogP contribution in [0.3, 0.4) is 0 Å². The molecule has 0 aromatic heterocycles. The first kappa shape index (κ1) is 42.0. The third kappa shape index (κ3) is 8.91. The summed E-state index contributed by atoms with van der Waals surface area (Å²) in [5.74, 6) is 1.02. The van der Waals surface area contributed by atoms with Crippen molar-refractivity contribution in [2.24, 2.45) is 22.9 Å². The third-order valence-corrected chi connectivity index (χ3v) is 12.3. The summed E-state index contributed by atoms with van der Waals surface area (Å²) in [5, 5.41) is 26.8. The molecule has 7 rings (SSSR count). The predicted octanol–water partition coefficient (Wildman–Crippen LogP) is 9.00. The van der Waals surface area contributed by atoms with Gasteiger partial charge in [0.1, 0.15) is 35.6 Å². The van der Waals surface area contributed by atoms with Gasteiger partial charge in [0.25, 0.3) is 0 Å². The lowest BCUT2D eigenvalue weighted by molar-refractivity contribution is -0.255. The number of benzene rings is 4. The summed E-state index contributed by atoms with van der Waals surface area (Å²) >= 11 is 0. The quantitative estimate of drug-likeness (QED) is 0.0548. The lowest BCUT2D eigenvalue weighted by Crippen LogP contribution is -2.69. The summed E-state index contributed by atoms with van der Waals surface area (Å²) in [6, 6.07) is 27.3. The SMILES string of the molecule is C=CCOC12Oc3ccc(Oc4ccc5ccccc5c4)cc3C3C(CCCCO)C(CCCCO)C=C(C(=NOCC)CC1N(C)C(=O)Cc1cccc(OC)c1)C32. The zero-order valence-corrected chi connectivity index (χ0v) is 34.6. The largest absolute Gasteiger partial charge is 0.497 e. The van der Waals surface area contributed by atoms with E-state index in [4.69, 9.17) is 28.9 Å². The number of unbranched alkanes of at least 4 members (excludes halogenated alkanes) is 2. The Hall–Kier alpha value is -5.16. The van der Waals surface area contributed by atoms with Crippen LogP contribution in [0.5, 0.6) is 23.0 Å². The number of methoxy groups -OCH3 is 1. The van der Waals surface area contributed by atoms with Gasteiger partial charge in [-0.2, -0.15) is 0 Å². The van der Waals surface area contributed by atoms with Crippen LogP contribution in [0.25, 0.3) is 10.8 Å². The van der Waals surface area contributed by atoms with Gasteiger partial charge in [-0.15, -0.1) is 6.58 Å². The van der Waals surface area contributed by atoms with E-state index in [0.717, 1.165) is 64.6 Å². The molecule has 4 aromatic rings. The van der Waals surface area contributed by atoms with E-state index >= 15 is 0 Å². The van der Waals surface area contributed by atoms with Crippen LogP contribution in [-0.4, -0.2) is 79.1 Å². The summed E-state index contributed by atoms with van der Waals surface area (Å²) < 4.78 is 26.4. The van der Waals surface area contributed by atoms with E-state index in [9.17, 15) is 15.0 Å². The van der Waals surface area contributed by atoms with Crippen LogP contribution in [0, 0.1) is 17.8 Å². The topological polar surface area (TPSA) is 119 Å². The molecule has 1 saturated carbocycles. The van der Waals surface area contributed by atoms with Crippen molar-refractivity contribution in [3.05, 3.63) is 120 Å². The number of aliphatic hydroxyl groups excluding tert-OH is 2. The standard InChI is InChI=1S/C49H58N2O8/c1-5-26-56-49-45(51(3)46(54)28-33-14-13-18-37(27-33)55-4)32-43(50-57-6-2)41-30-36(17-9-11-24-52)40(19-10-12-25-53)47(48(41)49)42-31-39(22-23-44(42)59-49)58-38-21-20-34-15-7-8-16-35(34)29-38/h5,7-8,13-16,18,20-23,27,29-31,36,40,45,47-48,52-53H,1,6,9-12,17,19,24-26,28,32H2,2-4H3. The third-order valence-electron chi connectivity index (χ3n) is 12.3. The highest BCUT2D eigenvalue weighted by Crippen LogP contribution is 2.62. The molecule has 312 valence electrons. The molecule has 0 saturated heterocycles. The van der Waals surface area contributed by atoms with E-state index in [0.29, 0.717) is 43.1 Å². The fourth-order valence-corrected chi connectivity index (χ4v) is 9.56. The van der Waals surface area contributed by atoms with E-state index < -0.39 is 17.7 Å². The molecule has 2 aliphatic carbocycles. The number of nitrogens with zero attached hydrogens (tertiary/aromatic N) is 2. The second kappa shape index (κ2) is 19.3. The van der Waals surface area contributed by atoms with Crippen molar-refractivity contribution in [1.82, 2.24) is 4.90 Å². The van der Waals surface area contributed by atoms with Gasteiger partial charge in [0.15, 0.2) is 0 Å². The van der Waals surface area contributed by atoms with Crippen molar-refractivity contribution in [1.29, 1.82) is 0 Å². The van der Waals surface area contributed by atoms with Crippen LogP contribution >= 0.6 is 0 Å². The number of hydrogen-bond acceptors (Lipinski definition) is 9. The molecular weight excluding hydrogens is 745 g/mol. The van der Waals surface area contributed by atoms with E-state index in [1.807, 2.05) is 68.6 Å². The van der Waals surface area contributed by atoms with Crippen LogP contribution in [0.1, 0.15) is 68.9 Å². The molecule has 1 heterocycles. The van der Waals surface area contributed by atoms with Gasteiger partial charge in [0.2, 0.25) is 11.7 Å². The molecule has 6 unspecified atom stereocenters. The zero-order valence-electron chi connectivity index (χ0n) is 34.6. The van der Waals surface area contributed by atoms with Crippen LogP contribution in [0.15, 0.2) is 114 Å². The minimum Gasteiger partial charge on any atom is -0.497 e. The molecule has 6 atom stereocenters. The average Bonchev–Trinajstić information content (AvgIpc) is 3.26.